The van der Waals surface area contributed by atoms with Crippen molar-refractivity contribution in [2.24, 2.45) is 0 Å². The number of rotatable bonds is 5. The van der Waals surface area contributed by atoms with Crippen LogP contribution >= 0.6 is 11.8 Å². The summed E-state index contributed by atoms with van der Waals surface area (Å²) < 4.78 is 1.84. The quantitative estimate of drug-likeness (QED) is 0.586. The lowest BCUT2D eigenvalue weighted by atomic mass is 9.97. The summed E-state index contributed by atoms with van der Waals surface area (Å²) in [5.74, 6) is 0.403. The Bertz CT molecular complexity index is 767. The molecule has 0 unspecified atom stereocenters. The molecule has 1 N–H and O–H groups in total. The van der Waals surface area contributed by atoms with Gasteiger partial charge in [0.15, 0.2) is 0 Å². The highest BCUT2D eigenvalue weighted by Crippen LogP contribution is 2.28. The number of hydrogen-bond acceptors (Lipinski definition) is 6. The van der Waals surface area contributed by atoms with Gasteiger partial charge in [-0.15, -0.1) is 0 Å². The number of likely N-dealkylation sites (N-methyl/N-ethyl adjacent to an activating group) is 1. The van der Waals surface area contributed by atoms with Crippen LogP contribution in [0.2, 0.25) is 0 Å². The average molecular weight is 406 g/mol. The maximum Gasteiger partial charge on any atom is 0.367 e. The molecule has 154 valence electrons. The zero-order valence-corrected chi connectivity index (χ0v) is 17.6. The Balaban J connectivity index is 1.51. The Morgan fingerprint density at radius 3 is 2.57 bits per heavy atom. The summed E-state index contributed by atoms with van der Waals surface area (Å²) in [4.78, 5) is 31.9. The number of thioether (sulfide) groups is 1. The number of nitrogens with one attached hydrogen (secondary N) is 1. The highest BCUT2D eigenvalue weighted by molar-refractivity contribution is 7.99. The van der Waals surface area contributed by atoms with Crippen LogP contribution in [0.3, 0.4) is 0 Å². The molecule has 1 amide bonds. The summed E-state index contributed by atoms with van der Waals surface area (Å²) in [6, 6.07) is 0.334. The molecule has 0 aromatic carbocycles. The van der Waals surface area contributed by atoms with E-state index in [4.69, 9.17) is 0 Å². The van der Waals surface area contributed by atoms with Gasteiger partial charge in [0.05, 0.1) is 11.4 Å². The molecule has 7 nitrogen and oxygen atoms in total. The van der Waals surface area contributed by atoms with E-state index in [-0.39, 0.29) is 11.6 Å². The highest BCUT2D eigenvalue weighted by atomic mass is 32.2. The summed E-state index contributed by atoms with van der Waals surface area (Å²) in [5, 5.41) is 6.05. The maximum atomic E-state index is 12.9. The number of carbonyl (C=O) groups excluding carboxylic acids is 1. The third-order valence-electron chi connectivity index (χ3n) is 6.15. The van der Waals surface area contributed by atoms with Gasteiger partial charge in [0.25, 0.3) is 0 Å². The van der Waals surface area contributed by atoms with E-state index >= 15 is 0 Å². The van der Waals surface area contributed by atoms with Crippen molar-refractivity contribution in [3.63, 3.8) is 0 Å². The van der Waals surface area contributed by atoms with E-state index in [1.165, 1.54) is 30.2 Å². The molecule has 1 saturated heterocycles. The Kier molecular flexibility index (Phi) is 6.25. The molecule has 4 rings (SSSR count). The van der Waals surface area contributed by atoms with E-state index in [1.807, 2.05) is 4.68 Å². The predicted molar refractivity (Wildman–Crippen MR) is 112 cm³/mol. The van der Waals surface area contributed by atoms with Crippen LogP contribution in [0, 0.1) is 0 Å². The topological polar surface area (TPSA) is 70.5 Å². The van der Waals surface area contributed by atoms with Gasteiger partial charge < -0.3 is 15.2 Å². The number of amides is 1. The number of aromatic nitrogens is 2. The first-order valence-corrected chi connectivity index (χ1v) is 11.6. The van der Waals surface area contributed by atoms with E-state index in [0.29, 0.717) is 11.8 Å². The number of nitrogens with zero attached hydrogens (tertiary/aromatic N) is 4. The molecule has 0 spiro atoms. The van der Waals surface area contributed by atoms with Crippen LogP contribution in [-0.4, -0.2) is 65.5 Å². The molecular weight excluding hydrogens is 374 g/mol. The van der Waals surface area contributed by atoms with Gasteiger partial charge in [-0.05, 0) is 45.6 Å². The second-order valence-corrected chi connectivity index (χ2v) is 9.20. The third kappa shape index (κ3) is 4.38. The second kappa shape index (κ2) is 8.86. The standard InChI is InChI=1S/C20H31N5O2S/c1-23-10-12-24(13-11-23)25-17-9-5-4-8-16(17)19(22-20(25)27)28-14-18(26)21-15-6-2-3-7-15/h15H,2-14H2,1H3,(H,21,26). The predicted octanol–water partition coefficient (Wildman–Crippen LogP) is 1.16. The summed E-state index contributed by atoms with van der Waals surface area (Å²) in [6.07, 6.45) is 8.68. The van der Waals surface area contributed by atoms with Gasteiger partial charge in [-0.25, -0.2) is 9.47 Å². The minimum Gasteiger partial charge on any atom is -0.353 e. The third-order valence-corrected chi connectivity index (χ3v) is 7.17. The van der Waals surface area contributed by atoms with Crippen LogP contribution < -0.4 is 16.0 Å². The van der Waals surface area contributed by atoms with Crippen molar-refractivity contribution < 1.29 is 4.79 Å². The van der Waals surface area contributed by atoms with Crippen molar-refractivity contribution in [3.8, 4) is 0 Å². The fourth-order valence-corrected chi connectivity index (χ4v) is 5.44. The van der Waals surface area contributed by atoms with Gasteiger partial charge in [0.1, 0.15) is 5.03 Å². The number of carbonyl (C=O) groups is 1. The Morgan fingerprint density at radius 2 is 1.82 bits per heavy atom. The zero-order valence-electron chi connectivity index (χ0n) is 16.8. The Hall–Kier alpha value is -1.54. The second-order valence-electron chi connectivity index (χ2n) is 8.24. The molecule has 28 heavy (non-hydrogen) atoms. The fourth-order valence-electron chi connectivity index (χ4n) is 4.55. The molecule has 2 heterocycles. The lowest BCUT2D eigenvalue weighted by Gasteiger charge is -2.37. The molecule has 0 atom stereocenters. The zero-order chi connectivity index (χ0) is 19.5. The number of fused-ring (bicyclic) bond motifs is 1. The molecule has 1 saturated carbocycles. The SMILES string of the molecule is CN1CCN(n2c3c(c(SCC(=O)NC4CCCC4)nc2=O)CCCC3)CC1. The Labute approximate surface area is 170 Å². The van der Waals surface area contributed by atoms with Crippen LogP contribution in [0.1, 0.15) is 49.8 Å². The van der Waals surface area contributed by atoms with E-state index in [1.54, 1.807) is 0 Å². The fraction of sp³-hybridized carbons (Fsp3) is 0.750. The molecule has 0 bridgehead atoms. The number of hydrogen-bond donors (Lipinski definition) is 1. The first-order valence-electron chi connectivity index (χ1n) is 10.6. The minimum absolute atomic E-state index is 0.0616. The minimum atomic E-state index is -0.191. The maximum absolute atomic E-state index is 12.9. The Morgan fingerprint density at radius 1 is 1.11 bits per heavy atom. The first-order chi connectivity index (χ1) is 13.6. The molecular formula is C20H31N5O2S. The van der Waals surface area contributed by atoms with Crippen molar-refractivity contribution in [1.29, 1.82) is 0 Å². The van der Waals surface area contributed by atoms with Crippen molar-refractivity contribution in [2.45, 2.75) is 62.4 Å². The number of piperazine rings is 1. The highest BCUT2D eigenvalue weighted by Gasteiger charge is 2.25. The summed E-state index contributed by atoms with van der Waals surface area (Å²) in [6.45, 7) is 3.61. The van der Waals surface area contributed by atoms with E-state index in [9.17, 15) is 9.59 Å². The lowest BCUT2D eigenvalue weighted by molar-refractivity contribution is -0.119. The molecule has 1 aromatic heterocycles. The smallest absolute Gasteiger partial charge is 0.353 e. The average Bonchev–Trinajstić information content (AvgIpc) is 3.20. The van der Waals surface area contributed by atoms with Gasteiger partial charge in [-0.2, -0.15) is 4.98 Å². The van der Waals surface area contributed by atoms with Gasteiger partial charge in [0, 0.05) is 37.8 Å². The molecule has 3 aliphatic rings. The van der Waals surface area contributed by atoms with Crippen LogP contribution in [0.4, 0.5) is 0 Å². The first kappa shape index (κ1) is 19.8. The molecule has 2 aliphatic carbocycles. The van der Waals surface area contributed by atoms with E-state index in [2.05, 4.69) is 27.3 Å². The molecule has 2 fully saturated rings. The van der Waals surface area contributed by atoms with Gasteiger partial charge >= 0.3 is 5.69 Å². The monoisotopic (exact) mass is 405 g/mol. The molecule has 1 aliphatic heterocycles. The van der Waals surface area contributed by atoms with Gasteiger partial charge in [-0.1, -0.05) is 24.6 Å². The summed E-state index contributed by atoms with van der Waals surface area (Å²) in [7, 11) is 2.12. The molecule has 8 heteroatoms. The van der Waals surface area contributed by atoms with Crippen molar-refractivity contribution >= 4 is 17.7 Å². The van der Waals surface area contributed by atoms with E-state index in [0.717, 1.165) is 75.4 Å². The largest absolute Gasteiger partial charge is 0.367 e. The molecule has 1 aromatic rings. The van der Waals surface area contributed by atoms with Gasteiger partial charge in [0.2, 0.25) is 5.91 Å². The lowest BCUT2D eigenvalue weighted by Crippen LogP contribution is -2.55. The van der Waals surface area contributed by atoms with Gasteiger partial charge in [-0.3, -0.25) is 4.79 Å². The summed E-state index contributed by atoms with van der Waals surface area (Å²) >= 11 is 1.43. The van der Waals surface area contributed by atoms with Crippen LogP contribution in [0.15, 0.2) is 9.82 Å². The van der Waals surface area contributed by atoms with Crippen LogP contribution in [0.5, 0.6) is 0 Å². The van der Waals surface area contributed by atoms with Crippen molar-refractivity contribution in [2.75, 3.05) is 44.0 Å². The van der Waals surface area contributed by atoms with Crippen molar-refractivity contribution in [3.05, 3.63) is 21.7 Å². The van der Waals surface area contributed by atoms with Crippen LogP contribution in [-0.2, 0) is 17.6 Å². The van der Waals surface area contributed by atoms with Crippen LogP contribution in [0.25, 0.3) is 0 Å². The normalized spacial score (nSPS) is 21.0. The van der Waals surface area contributed by atoms with Crippen molar-refractivity contribution in [1.82, 2.24) is 19.9 Å². The summed E-state index contributed by atoms with van der Waals surface area (Å²) in [5.41, 5.74) is 2.11. The van der Waals surface area contributed by atoms with E-state index < -0.39 is 0 Å². The molecule has 0 radical (unpaired) electrons.